The fourth-order valence-corrected chi connectivity index (χ4v) is 2.56. The molecule has 1 saturated carbocycles. The van der Waals surface area contributed by atoms with Crippen LogP contribution in [0.15, 0.2) is 23.2 Å². The third-order valence-electron chi connectivity index (χ3n) is 3.19. The standard InChI is InChI=1S/C14H18Cl2N2O.ClH/c15-10-6-7-12(16)13(8-10)19-9-14(17)18-11-4-2-1-3-5-11;/h6-8,11H,1-5,9H2,(H2,17,18);1H. The van der Waals surface area contributed by atoms with Crippen molar-refractivity contribution in [1.82, 2.24) is 0 Å². The summed E-state index contributed by atoms with van der Waals surface area (Å²) in [5.41, 5.74) is 5.89. The molecule has 20 heavy (non-hydrogen) atoms. The summed E-state index contributed by atoms with van der Waals surface area (Å²) in [6.45, 7) is 0.247. The zero-order chi connectivity index (χ0) is 13.7. The minimum atomic E-state index is 0. The Morgan fingerprint density at radius 2 is 1.95 bits per heavy atom. The number of nitrogens with zero attached hydrogens (tertiary/aromatic N) is 1. The van der Waals surface area contributed by atoms with Crippen LogP contribution in [0.25, 0.3) is 0 Å². The molecule has 0 aromatic heterocycles. The van der Waals surface area contributed by atoms with Crippen LogP contribution >= 0.6 is 35.6 Å². The van der Waals surface area contributed by atoms with Crippen LogP contribution in [0.2, 0.25) is 10.0 Å². The van der Waals surface area contributed by atoms with E-state index in [4.69, 9.17) is 33.7 Å². The predicted octanol–water partition coefficient (Wildman–Crippen LogP) is 4.48. The molecule has 0 aliphatic heterocycles. The van der Waals surface area contributed by atoms with Gasteiger partial charge in [0.2, 0.25) is 0 Å². The number of ether oxygens (including phenoxy) is 1. The van der Waals surface area contributed by atoms with Gasteiger partial charge in [0.05, 0.1) is 11.1 Å². The molecule has 2 N–H and O–H groups in total. The lowest BCUT2D eigenvalue weighted by molar-refractivity contribution is 0.372. The lowest BCUT2D eigenvalue weighted by atomic mass is 9.96. The number of rotatable bonds is 4. The number of hydrogen-bond acceptors (Lipinski definition) is 2. The summed E-state index contributed by atoms with van der Waals surface area (Å²) in [6, 6.07) is 5.45. The first kappa shape index (κ1) is 17.4. The summed E-state index contributed by atoms with van der Waals surface area (Å²) in [7, 11) is 0. The third-order valence-corrected chi connectivity index (χ3v) is 3.74. The summed E-state index contributed by atoms with van der Waals surface area (Å²) in [5, 5.41) is 1.11. The van der Waals surface area contributed by atoms with E-state index in [1.807, 2.05) is 0 Å². The van der Waals surface area contributed by atoms with E-state index in [1.165, 1.54) is 19.3 Å². The maximum absolute atomic E-state index is 6.01. The normalized spacial score (nSPS) is 16.6. The minimum Gasteiger partial charge on any atom is -0.484 e. The van der Waals surface area contributed by atoms with Gasteiger partial charge in [-0.15, -0.1) is 12.4 Å². The molecular weight excluding hydrogens is 319 g/mol. The average Bonchev–Trinajstić information content (AvgIpc) is 2.41. The molecule has 112 valence electrons. The first-order valence-corrected chi connectivity index (χ1v) is 7.31. The highest BCUT2D eigenvalue weighted by atomic mass is 35.5. The van der Waals surface area contributed by atoms with Crippen molar-refractivity contribution in [2.24, 2.45) is 10.7 Å². The Hall–Kier alpha value is -0.640. The van der Waals surface area contributed by atoms with Crippen LogP contribution < -0.4 is 10.5 Å². The zero-order valence-electron chi connectivity index (χ0n) is 11.1. The van der Waals surface area contributed by atoms with E-state index >= 15 is 0 Å². The highest BCUT2D eigenvalue weighted by molar-refractivity contribution is 6.34. The smallest absolute Gasteiger partial charge is 0.145 e. The first-order chi connectivity index (χ1) is 9.15. The van der Waals surface area contributed by atoms with Crippen molar-refractivity contribution in [3.63, 3.8) is 0 Å². The Morgan fingerprint density at radius 1 is 1.25 bits per heavy atom. The molecule has 0 spiro atoms. The fraction of sp³-hybridized carbons (Fsp3) is 0.500. The van der Waals surface area contributed by atoms with Crippen LogP contribution in [-0.4, -0.2) is 18.5 Å². The first-order valence-electron chi connectivity index (χ1n) is 6.55. The topological polar surface area (TPSA) is 47.6 Å². The van der Waals surface area contributed by atoms with Crippen molar-refractivity contribution in [3.05, 3.63) is 28.2 Å². The average molecular weight is 338 g/mol. The molecule has 1 aliphatic rings. The molecular formula is C14H19Cl3N2O. The Kier molecular flexibility index (Phi) is 7.49. The van der Waals surface area contributed by atoms with Gasteiger partial charge in [-0.3, -0.25) is 4.99 Å². The Bertz CT molecular complexity index is 460. The van der Waals surface area contributed by atoms with Gasteiger partial charge in [0.1, 0.15) is 18.2 Å². The Balaban J connectivity index is 0.00000200. The molecule has 1 fully saturated rings. The van der Waals surface area contributed by atoms with Crippen LogP contribution in [0.1, 0.15) is 32.1 Å². The maximum Gasteiger partial charge on any atom is 0.145 e. The van der Waals surface area contributed by atoms with Crippen molar-refractivity contribution in [2.75, 3.05) is 6.61 Å². The molecule has 0 bridgehead atoms. The molecule has 6 heteroatoms. The third kappa shape index (κ3) is 5.39. The van der Waals surface area contributed by atoms with E-state index in [0.717, 1.165) is 12.8 Å². The summed E-state index contributed by atoms with van der Waals surface area (Å²) >= 11 is 11.9. The second-order valence-corrected chi connectivity index (χ2v) is 5.62. The van der Waals surface area contributed by atoms with E-state index < -0.39 is 0 Å². The van der Waals surface area contributed by atoms with E-state index in [9.17, 15) is 0 Å². The molecule has 3 nitrogen and oxygen atoms in total. The van der Waals surface area contributed by atoms with Gasteiger partial charge in [-0.1, -0.05) is 42.5 Å². The van der Waals surface area contributed by atoms with Crippen LogP contribution in [0.5, 0.6) is 5.75 Å². The van der Waals surface area contributed by atoms with Gasteiger partial charge in [-0.05, 0) is 25.0 Å². The molecule has 0 atom stereocenters. The summed E-state index contributed by atoms with van der Waals surface area (Å²) in [5.74, 6) is 1.05. The second kappa shape index (κ2) is 8.60. The monoisotopic (exact) mass is 336 g/mol. The van der Waals surface area contributed by atoms with Crippen molar-refractivity contribution < 1.29 is 4.74 Å². The fourth-order valence-electron chi connectivity index (χ4n) is 2.22. The number of halogens is 3. The highest BCUT2D eigenvalue weighted by Gasteiger charge is 2.12. The minimum absolute atomic E-state index is 0. The largest absolute Gasteiger partial charge is 0.484 e. The lowest BCUT2D eigenvalue weighted by Gasteiger charge is -2.18. The van der Waals surface area contributed by atoms with Gasteiger partial charge in [0.25, 0.3) is 0 Å². The van der Waals surface area contributed by atoms with Gasteiger partial charge in [0.15, 0.2) is 0 Å². The summed E-state index contributed by atoms with van der Waals surface area (Å²) in [4.78, 5) is 4.50. The van der Waals surface area contributed by atoms with Crippen molar-refractivity contribution in [3.8, 4) is 5.75 Å². The van der Waals surface area contributed by atoms with Gasteiger partial charge < -0.3 is 10.5 Å². The van der Waals surface area contributed by atoms with E-state index in [2.05, 4.69) is 4.99 Å². The Morgan fingerprint density at radius 3 is 2.65 bits per heavy atom. The van der Waals surface area contributed by atoms with Crippen molar-refractivity contribution in [1.29, 1.82) is 0 Å². The SMILES string of the molecule is Cl.NC(COc1cc(Cl)ccc1Cl)=NC1CCCCC1. The van der Waals surface area contributed by atoms with Gasteiger partial charge >= 0.3 is 0 Å². The Labute approximate surface area is 135 Å². The van der Waals surface area contributed by atoms with Crippen molar-refractivity contribution in [2.45, 2.75) is 38.1 Å². The van der Waals surface area contributed by atoms with E-state index in [-0.39, 0.29) is 19.0 Å². The van der Waals surface area contributed by atoms with Crippen LogP contribution in [0.4, 0.5) is 0 Å². The second-order valence-electron chi connectivity index (χ2n) is 4.78. The molecule has 0 radical (unpaired) electrons. The zero-order valence-corrected chi connectivity index (χ0v) is 13.5. The summed E-state index contributed by atoms with van der Waals surface area (Å²) < 4.78 is 5.55. The van der Waals surface area contributed by atoms with Crippen LogP contribution in [0.3, 0.4) is 0 Å². The number of nitrogens with two attached hydrogens (primary N) is 1. The van der Waals surface area contributed by atoms with Crippen LogP contribution in [0, 0.1) is 0 Å². The molecule has 0 unspecified atom stereocenters. The molecule has 0 saturated heterocycles. The molecule has 1 aliphatic carbocycles. The number of amidine groups is 1. The summed E-state index contributed by atoms with van der Waals surface area (Å²) in [6.07, 6.45) is 6.03. The van der Waals surface area contributed by atoms with Crippen molar-refractivity contribution >= 4 is 41.4 Å². The maximum atomic E-state index is 6.01. The highest BCUT2D eigenvalue weighted by Crippen LogP contribution is 2.27. The van der Waals surface area contributed by atoms with Crippen LogP contribution in [-0.2, 0) is 0 Å². The quantitative estimate of drug-likeness (QED) is 0.650. The lowest BCUT2D eigenvalue weighted by Crippen LogP contribution is -2.24. The molecule has 0 heterocycles. The van der Waals surface area contributed by atoms with Gasteiger partial charge in [0, 0.05) is 11.1 Å². The molecule has 1 aromatic rings. The molecule has 0 amide bonds. The molecule has 2 rings (SSSR count). The number of aliphatic imine (C=N–C) groups is 1. The predicted molar refractivity (Wildman–Crippen MR) is 87.7 cm³/mol. The van der Waals surface area contributed by atoms with E-state index in [1.54, 1.807) is 18.2 Å². The molecule has 1 aromatic carbocycles. The number of hydrogen-bond donors (Lipinski definition) is 1. The van der Waals surface area contributed by atoms with Gasteiger partial charge in [-0.2, -0.15) is 0 Å². The number of benzene rings is 1. The van der Waals surface area contributed by atoms with E-state index in [0.29, 0.717) is 27.7 Å². The van der Waals surface area contributed by atoms with Gasteiger partial charge in [-0.25, -0.2) is 0 Å².